The number of fused-ring (bicyclic) bond motifs is 1. The summed E-state index contributed by atoms with van der Waals surface area (Å²) in [5.41, 5.74) is 6.50. The third kappa shape index (κ3) is 5.31. The lowest BCUT2D eigenvalue weighted by Gasteiger charge is -2.24. The zero-order chi connectivity index (χ0) is 24.4. The maximum atomic E-state index is 13.9. The summed E-state index contributed by atoms with van der Waals surface area (Å²) in [6, 6.07) is 13.9. The highest BCUT2D eigenvalue weighted by Gasteiger charge is 2.18. The first-order valence-electron chi connectivity index (χ1n) is 12.2. The third-order valence-electron chi connectivity index (χ3n) is 6.60. The molecular formula is C29H29ClFN3O. The van der Waals surface area contributed by atoms with E-state index in [0.717, 1.165) is 46.3 Å². The number of benzene rings is 2. The number of hydrogen-bond donors (Lipinski definition) is 1. The molecule has 1 aliphatic rings. The number of nitrogens with zero attached hydrogens (tertiary/aromatic N) is 2. The van der Waals surface area contributed by atoms with E-state index in [-0.39, 0.29) is 0 Å². The molecule has 0 amide bonds. The van der Waals surface area contributed by atoms with E-state index < -0.39 is 5.95 Å². The minimum absolute atomic E-state index is 0.478. The summed E-state index contributed by atoms with van der Waals surface area (Å²) in [5, 5.41) is 4.96. The molecule has 6 heteroatoms. The Kier molecular flexibility index (Phi) is 6.98. The number of nitrogens with one attached hydrogen (secondary N) is 1. The van der Waals surface area contributed by atoms with Gasteiger partial charge in [0.05, 0.1) is 17.1 Å². The highest BCUT2D eigenvalue weighted by atomic mass is 35.5. The summed E-state index contributed by atoms with van der Waals surface area (Å²) in [6.07, 6.45) is 7.93. The maximum Gasteiger partial charge on any atom is 0.213 e. The summed E-state index contributed by atoms with van der Waals surface area (Å²) < 4.78 is 20.4. The highest BCUT2D eigenvalue weighted by molar-refractivity contribution is 6.34. The van der Waals surface area contributed by atoms with Crippen molar-refractivity contribution in [1.82, 2.24) is 15.3 Å². The van der Waals surface area contributed by atoms with Crippen LogP contribution in [0.3, 0.4) is 0 Å². The van der Waals surface area contributed by atoms with Gasteiger partial charge in [0.15, 0.2) is 0 Å². The van der Waals surface area contributed by atoms with Crippen molar-refractivity contribution < 1.29 is 9.13 Å². The Morgan fingerprint density at radius 3 is 2.57 bits per heavy atom. The van der Waals surface area contributed by atoms with Crippen LogP contribution in [0.2, 0.25) is 5.02 Å². The average Bonchev–Trinajstić information content (AvgIpc) is 2.83. The lowest BCUT2D eigenvalue weighted by atomic mass is 9.97. The first kappa shape index (κ1) is 23.7. The van der Waals surface area contributed by atoms with Crippen molar-refractivity contribution >= 4 is 22.5 Å². The average molecular weight is 490 g/mol. The number of piperidine rings is 1. The van der Waals surface area contributed by atoms with Crippen molar-refractivity contribution in [3.05, 3.63) is 77.0 Å². The van der Waals surface area contributed by atoms with Gasteiger partial charge >= 0.3 is 0 Å². The van der Waals surface area contributed by atoms with Gasteiger partial charge in [-0.1, -0.05) is 47.3 Å². The third-order valence-corrected chi connectivity index (χ3v) is 6.92. The van der Waals surface area contributed by atoms with E-state index in [1.807, 2.05) is 18.3 Å². The van der Waals surface area contributed by atoms with Crippen LogP contribution in [0.5, 0.6) is 5.75 Å². The van der Waals surface area contributed by atoms with Crippen LogP contribution in [0.4, 0.5) is 4.39 Å². The molecule has 0 unspecified atom stereocenters. The number of ether oxygens (including phenoxy) is 1. The predicted molar refractivity (Wildman–Crippen MR) is 141 cm³/mol. The van der Waals surface area contributed by atoms with Crippen LogP contribution in [-0.2, 0) is 0 Å². The molecule has 35 heavy (non-hydrogen) atoms. The summed E-state index contributed by atoms with van der Waals surface area (Å²) in [4.78, 5) is 8.40. The SMILES string of the molecule is Cc1cc(C)cc(-c2cnc3cc(Cl)c(-c4ccnc(F)c4)cc3c2OCC[C@H]2CCCCN2)c1. The largest absolute Gasteiger partial charge is 0.492 e. The Balaban J connectivity index is 1.61. The quantitative estimate of drug-likeness (QED) is 0.289. The minimum Gasteiger partial charge on any atom is -0.492 e. The molecule has 0 radical (unpaired) electrons. The molecule has 1 atom stereocenters. The molecule has 2 aromatic carbocycles. The van der Waals surface area contributed by atoms with E-state index in [1.54, 1.807) is 6.07 Å². The Labute approximate surface area is 210 Å². The van der Waals surface area contributed by atoms with Crippen molar-refractivity contribution in [2.24, 2.45) is 0 Å². The summed E-state index contributed by atoms with van der Waals surface area (Å²) >= 11 is 6.61. The fourth-order valence-electron chi connectivity index (χ4n) is 4.95. The number of rotatable bonds is 6. The number of pyridine rings is 2. The summed E-state index contributed by atoms with van der Waals surface area (Å²) in [7, 11) is 0. The van der Waals surface area contributed by atoms with Crippen LogP contribution in [0.25, 0.3) is 33.2 Å². The zero-order valence-electron chi connectivity index (χ0n) is 20.1. The van der Waals surface area contributed by atoms with Crippen LogP contribution in [0, 0.1) is 19.8 Å². The van der Waals surface area contributed by atoms with E-state index in [9.17, 15) is 4.39 Å². The van der Waals surface area contributed by atoms with Crippen LogP contribution < -0.4 is 10.1 Å². The van der Waals surface area contributed by atoms with E-state index in [1.165, 1.54) is 42.7 Å². The fraction of sp³-hybridized carbons (Fsp3) is 0.310. The molecule has 1 fully saturated rings. The smallest absolute Gasteiger partial charge is 0.213 e. The second-order valence-corrected chi connectivity index (χ2v) is 9.78. The van der Waals surface area contributed by atoms with E-state index in [2.05, 4.69) is 42.3 Å². The Bertz CT molecular complexity index is 1350. The van der Waals surface area contributed by atoms with Crippen LogP contribution in [0.1, 0.15) is 36.8 Å². The Hall–Kier alpha value is -3.02. The molecule has 1 saturated heterocycles. The van der Waals surface area contributed by atoms with Crippen molar-refractivity contribution in [3.63, 3.8) is 0 Å². The van der Waals surface area contributed by atoms with Gasteiger partial charge in [0, 0.05) is 41.0 Å². The molecule has 180 valence electrons. The van der Waals surface area contributed by atoms with E-state index in [4.69, 9.17) is 21.3 Å². The standard InChI is InChI=1S/C29H29ClFN3O/c1-18-11-19(2)13-21(12-18)25-17-34-27-16-26(30)23(20-6-9-33-28(31)14-20)15-24(27)29(25)35-10-7-22-5-3-4-8-32-22/h6,9,11-17,22,32H,3-5,7-8,10H2,1-2H3/t22-/m1/s1. The lowest BCUT2D eigenvalue weighted by molar-refractivity contribution is 0.271. The molecule has 0 aliphatic carbocycles. The molecule has 0 saturated carbocycles. The van der Waals surface area contributed by atoms with E-state index in [0.29, 0.717) is 23.2 Å². The summed E-state index contributed by atoms with van der Waals surface area (Å²) in [5.74, 6) is 0.237. The van der Waals surface area contributed by atoms with Gasteiger partial charge in [-0.25, -0.2) is 4.98 Å². The topological polar surface area (TPSA) is 47.0 Å². The number of hydrogen-bond acceptors (Lipinski definition) is 4. The molecule has 4 aromatic rings. The molecule has 5 rings (SSSR count). The molecule has 0 bridgehead atoms. The molecular weight excluding hydrogens is 461 g/mol. The highest BCUT2D eigenvalue weighted by Crippen LogP contribution is 2.40. The van der Waals surface area contributed by atoms with Gasteiger partial charge in [-0.3, -0.25) is 4.98 Å². The number of aryl methyl sites for hydroxylation is 2. The predicted octanol–water partition coefficient (Wildman–Crippen LogP) is 7.28. The van der Waals surface area contributed by atoms with Gasteiger partial charge < -0.3 is 10.1 Å². The lowest BCUT2D eigenvalue weighted by Crippen LogP contribution is -2.35. The molecule has 3 heterocycles. The normalized spacial score (nSPS) is 15.9. The van der Waals surface area contributed by atoms with Crippen molar-refractivity contribution in [2.75, 3.05) is 13.2 Å². The second-order valence-electron chi connectivity index (χ2n) is 9.38. The van der Waals surface area contributed by atoms with Crippen LogP contribution in [-0.4, -0.2) is 29.2 Å². The van der Waals surface area contributed by atoms with Crippen LogP contribution in [0.15, 0.2) is 54.9 Å². The van der Waals surface area contributed by atoms with Crippen molar-refractivity contribution in [2.45, 2.75) is 45.6 Å². The summed E-state index contributed by atoms with van der Waals surface area (Å²) in [6.45, 7) is 5.85. The van der Waals surface area contributed by atoms with Crippen molar-refractivity contribution in [1.29, 1.82) is 0 Å². The van der Waals surface area contributed by atoms with Gasteiger partial charge in [0.2, 0.25) is 5.95 Å². The Morgan fingerprint density at radius 2 is 1.83 bits per heavy atom. The van der Waals surface area contributed by atoms with Crippen molar-refractivity contribution in [3.8, 4) is 28.0 Å². The number of aromatic nitrogens is 2. The molecule has 0 spiro atoms. The van der Waals surface area contributed by atoms with Gasteiger partial charge in [-0.05, 0) is 69.0 Å². The maximum absolute atomic E-state index is 13.9. The van der Waals surface area contributed by atoms with Gasteiger partial charge in [0.1, 0.15) is 5.75 Å². The molecule has 1 N–H and O–H groups in total. The first-order valence-corrected chi connectivity index (χ1v) is 12.5. The second kappa shape index (κ2) is 10.3. The van der Waals surface area contributed by atoms with E-state index >= 15 is 0 Å². The number of halogens is 2. The van der Waals surface area contributed by atoms with Gasteiger partial charge in [-0.2, -0.15) is 4.39 Å². The zero-order valence-corrected chi connectivity index (χ0v) is 20.8. The first-order chi connectivity index (χ1) is 17.0. The Morgan fingerprint density at radius 1 is 1.00 bits per heavy atom. The minimum atomic E-state index is -0.544. The molecule has 2 aromatic heterocycles. The van der Waals surface area contributed by atoms with Crippen LogP contribution >= 0.6 is 11.6 Å². The monoisotopic (exact) mass is 489 g/mol. The van der Waals surface area contributed by atoms with Gasteiger partial charge in [0.25, 0.3) is 0 Å². The van der Waals surface area contributed by atoms with Gasteiger partial charge in [-0.15, -0.1) is 0 Å². The fourth-order valence-corrected chi connectivity index (χ4v) is 5.21. The molecule has 1 aliphatic heterocycles. The molecule has 4 nitrogen and oxygen atoms in total.